The molecule has 1 heterocycles. The van der Waals surface area contributed by atoms with Crippen LogP contribution in [0.15, 0.2) is 42.7 Å². The number of carboxylic acids is 1. The summed E-state index contributed by atoms with van der Waals surface area (Å²) in [6.45, 7) is 0. The molecule has 0 radical (unpaired) electrons. The number of aliphatic carboxylic acids is 1. The molecule has 0 aliphatic heterocycles. The number of aryl methyl sites for hydroxylation is 1. The first-order valence-corrected chi connectivity index (χ1v) is 6.31. The Morgan fingerprint density at radius 1 is 1.29 bits per heavy atom. The second kappa shape index (κ2) is 6.19. The van der Waals surface area contributed by atoms with E-state index in [0.29, 0.717) is 11.1 Å². The van der Waals surface area contributed by atoms with Gasteiger partial charge in [0, 0.05) is 18.8 Å². The fourth-order valence-electron chi connectivity index (χ4n) is 1.92. The predicted molar refractivity (Wildman–Crippen MR) is 75.1 cm³/mol. The maximum absolute atomic E-state index is 12.1. The third-order valence-electron chi connectivity index (χ3n) is 3.03. The molecule has 0 aliphatic rings. The van der Waals surface area contributed by atoms with Gasteiger partial charge in [-0.3, -0.25) is 9.48 Å². The van der Waals surface area contributed by atoms with Crippen molar-refractivity contribution in [2.24, 2.45) is 12.8 Å². The molecule has 1 unspecified atom stereocenters. The highest BCUT2D eigenvalue weighted by atomic mass is 16.4. The molecule has 7 nitrogen and oxygen atoms in total. The lowest BCUT2D eigenvalue weighted by molar-refractivity contribution is -0.142. The minimum absolute atomic E-state index is 0.388. The van der Waals surface area contributed by atoms with Crippen molar-refractivity contribution in [3.63, 3.8) is 0 Å². The Morgan fingerprint density at radius 2 is 1.95 bits per heavy atom. The average Bonchev–Trinajstić information content (AvgIpc) is 2.90. The quantitative estimate of drug-likeness (QED) is 0.736. The van der Waals surface area contributed by atoms with Gasteiger partial charge < -0.3 is 16.2 Å². The summed E-state index contributed by atoms with van der Waals surface area (Å²) in [7, 11) is 1.67. The van der Waals surface area contributed by atoms with Crippen molar-refractivity contribution in [3.8, 4) is 0 Å². The summed E-state index contributed by atoms with van der Waals surface area (Å²) < 4.78 is 1.47. The summed E-state index contributed by atoms with van der Waals surface area (Å²) in [5, 5.41) is 15.6. The summed E-state index contributed by atoms with van der Waals surface area (Å²) in [5.74, 6) is -1.73. The van der Waals surface area contributed by atoms with Gasteiger partial charge in [0.05, 0.1) is 6.20 Å². The van der Waals surface area contributed by atoms with E-state index in [-0.39, 0.29) is 0 Å². The third kappa shape index (κ3) is 3.46. The van der Waals surface area contributed by atoms with Gasteiger partial charge in [0.2, 0.25) is 5.91 Å². The van der Waals surface area contributed by atoms with Gasteiger partial charge in [-0.2, -0.15) is 5.10 Å². The molecule has 4 N–H and O–H groups in total. The molecule has 2 rings (SSSR count). The van der Waals surface area contributed by atoms with E-state index >= 15 is 0 Å². The van der Waals surface area contributed by atoms with Crippen molar-refractivity contribution in [1.82, 2.24) is 15.1 Å². The molecule has 0 fully saturated rings. The van der Waals surface area contributed by atoms with Gasteiger partial charge in [0.25, 0.3) is 0 Å². The molecule has 0 saturated heterocycles. The Kier molecular flexibility index (Phi) is 4.34. The van der Waals surface area contributed by atoms with Crippen LogP contribution in [0, 0.1) is 0 Å². The molecule has 0 spiro atoms. The van der Waals surface area contributed by atoms with Crippen LogP contribution in [0.4, 0.5) is 0 Å². The van der Waals surface area contributed by atoms with Gasteiger partial charge in [-0.1, -0.05) is 30.3 Å². The Hall–Kier alpha value is -2.67. The normalized spacial score (nSPS) is 13.4. The smallest absolute Gasteiger partial charge is 0.331 e. The van der Waals surface area contributed by atoms with Crippen LogP contribution in [0.3, 0.4) is 0 Å². The van der Waals surface area contributed by atoms with Gasteiger partial charge in [0.15, 0.2) is 6.04 Å². The first-order valence-electron chi connectivity index (χ1n) is 6.31. The zero-order valence-electron chi connectivity index (χ0n) is 11.4. The highest BCUT2D eigenvalue weighted by Crippen LogP contribution is 2.15. The molecule has 1 amide bonds. The van der Waals surface area contributed by atoms with E-state index in [2.05, 4.69) is 10.4 Å². The minimum atomic E-state index is -1.18. The number of nitrogens with two attached hydrogens (primary N) is 1. The van der Waals surface area contributed by atoms with E-state index < -0.39 is 24.0 Å². The Balaban J connectivity index is 2.14. The summed E-state index contributed by atoms with van der Waals surface area (Å²) in [6.07, 6.45) is 2.93. The number of nitrogens with one attached hydrogen (secondary N) is 1. The van der Waals surface area contributed by atoms with Crippen LogP contribution < -0.4 is 11.1 Å². The van der Waals surface area contributed by atoms with Crippen molar-refractivity contribution >= 4 is 11.9 Å². The standard InChI is InChI=1S/C14H16N4O3/c1-18-8-10(7-16-18)12(14(20)21)17-13(19)11(15)9-5-3-2-4-6-9/h2-8,11-12H,15H2,1H3,(H,17,19)(H,20,21)/t11-,12?/m0/s1. The van der Waals surface area contributed by atoms with E-state index in [4.69, 9.17) is 5.73 Å². The molecule has 2 aromatic rings. The van der Waals surface area contributed by atoms with E-state index in [0.717, 1.165) is 0 Å². The molecule has 21 heavy (non-hydrogen) atoms. The van der Waals surface area contributed by atoms with Crippen LogP contribution in [0.1, 0.15) is 23.2 Å². The lowest BCUT2D eigenvalue weighted by atomic mass is 10.1. The molecule has 0 bridgehead atoms. The zero-order valence-corrected chi connectivity index (χ0v) is 11.4. The summed E-state index contributed by atoms with van der Waals surface area (Å²) in [4.78, 5) is 23.4. The number of carbonyl (C=O) groups is 2. The second-order valence-corrected chi connectivity index (χ2v) is 4.62. The number of amides is 1. The Labute approximate surface area is 121 Å². The van der Waals surface area contributed by atoms with E-state index in [1.807, 2.05) is 6.07 Å². The Morgan fingerprint density at radius 3 is 2.48 bits per heavy atom. The largest absolute Gasteiger partial charge is 0.479 e. The van der Waals surface area contributed by atoms with Crippen molar-refractivity contribution in [2.75, 3.05) is 0 Å². The van der Waals surface area contributed by atoms with Gasteiger partial charge in [-0.05, 0) is 5.56 Å². The van der Waals surface area contributed by atoms with E-state index in [9.17, 15) is 14.7 Å². The van der Waals surface area contributed by atoms with Gasteiger partial charge in [0.1, 0.15) is 6.04 Å². The highest BCUT2D eigenvalue weighted by molar-refractivity contribution is 5.88. The van der Waals surface area contributed by atoms with Gasteiger partial charge >= 0.3 is 5.97 Å². The van der Waals surface area contributed by atoms with Crippen LogP contribution in [0.5, 0.6) is 0 Å². The molecule has 0 saturated carbocycles. The number of hydrogen-bond acceptors (Lipinski definition) is 4. The van der Waals surface area contributed by atoms with Crippen LogP contribution in [0.25, 0.3) is 0 Å². The van der Waals surface area contributed by atoms with Crippen molar-refractivity contribution in [1.29, 1.82) is 0 Å². The van der Waals surface area contributed by atoms with Crippen LogP contribution in [0.2, 0.25) is 0 Å². The van der Waals surface area contributed by atoms with Crippen LogP contribution in [-0.4, -0.2) is 26.8 Å². The first-order chi connectivity index (χ1) is 9.99. The number of nitrogens with zero attached hydrogens (tertiary/aromatic N) is 2. The molecular formula is C14H16N4O3. The number of benzene rings is 1. The first kappa shape index (κ1) is 14.7. The lowest BCUT2D eigenvalue weighted by Crippen LogP contribution is -2.39. The van der Waals surface area contributed by atoms with Gasteiger partial charge in [-0.15, -0.1) is 0 Å². The lowest BCUT2D eigenvalue weighted by Gasteiger charge is -2.17. The fraction of sp³-hybridized carbons (Fsp3) is 0.214. The van der Waals surface area contributed by atoms with Crippen LogP contribution in [-0.2, 0) is 16.6 Å². The van der Waals surface area contributed by atoms with Gasteiger partial charge in [-0.25, -0.2) is 4.79 Å². The molecule has 1 aromatic heterocycles. The topological polar surface area (TPSA) is 110 Å². The number of carbonyl (C=O) groups excluding carboxylic acids is 1. The SMILES string of the molecule is Cn1cc(C(NC(=O)[C@@H](N)c2ccccc2)C(=O)O)cn1. The fourth-order valence-corrected chi connectivity index (χ4v) is 1.92. The molecular weight excluding hydrogens is 272 g/mol. The number of rotatable bonds is 5. The van der Waals surface area contributed by atoms with E-state index in [1.54, 1.807) is 31.3 Å². The number of carboxylic acid groups (broad SMARTS) is 1. The number of aromatic nitrogens is 2. The Bertz CT molecular complexity index is 639. The van der Waals surface area contributed by atoms with Crippen molar-refractivity contribution < 1.29 is 14.7 Å². The van der Waals surface area contributed by atoms with Crippen molar-refractivity contribution in [3.05, 3.63) is 53.9 Å². The monoisotopic (exact) mass is 288 g/mol. The third-order valence-corrected chi connectivity index (χ3v) is 3.03. The molecule has 0 aliphatic carbocycles. The summed E-state index contributed by atoms with van der Waals surface area (Å²) >= 11 is 0. The van der Waals surface area contributed by atoms with E-state index in [1.165, 1.54) is 17.1 Å². The molecule has 2 atom stereocenters. The predicted octanol–water partition coefficient (Wildman–Crippen LogP) is 0.362. The maximum atomic E-state index is 12.1. The zero-order chi connectivity index (χ0) is 15.4. The molecule has 1 aromatic carbocycles. The van der Waals surface area contributed by atoms with Crippen LogP contribution >= 0.6 is 0 Å². The molecule has 7 heteroatoms. The summed E-state index contributed by atoms with van der Waals surface area (Å²) in [5.41, 5.74) is 6.85. The minimum Gasteiger partial charge on any atom is -0.479 e. The highest BCUT2D eigenvalue weighted by Gasteiger charge is 2.26. The average molecular weight is 288 g/mol. The van der Waals surface area contributed by atoms with Crippen molar-refractivity contribution in [2.45, 2.75) is 12.1 Å². The second-order valence-electron chi connectivity index (χ2n) is 4.62. The summed E-state index contributed by atoms with van der Waals surface area (Å²) in [6, 6.07) is 6.65. The number of hydrogen-bond donors (Lipinski definition) is 3. The maximum Gasteiger partial charge on any atom is 0.331 e. The molecule has 110 valence electrons.